The van der Waals surface area contributed by atoms with Crippen LogP contribution in [-0.2, 0) is 6.42 Å². The number of anilines is 2. The second-order valence-electron chi connectivity index (χ2n) is 5.10. The van der Waals surface area contributed by atoms with E-state index in [4.69, 9.17) is 11.6 Å². The fraction of sp³-hybridized carbons (Fsp3) is 0.267. The molecule has 0 saturated heterocycles. The number of aryl methyl sites for hydroxylation is 2. The van der Waals surface area contributed by atoms with Gasteiger partial charge in [0, 0.05) is 35.8 Å². The molecule has 0 aliphatic carbocycles. The van der Waals surface area contributed by atoms with E-state index in [0.29, 0.717) is 35.4 Å². The highest BCUT2D eigenvalue weighted by molar-refractivity contribution is 6.17. The molecular weight excluding hydrogens is 324 g/mol. The standard InChI is InChI=1S/C15H14ClF2N5/c1-9-5-14(20-12-7-10(17)6-11(18)8-12)23-15(19-9)21-13(22-23)3-2-4-16/h5-8,20H,2-4H2,1H3. The lowest BCUT2D eigenvalue weighted by Gasteiger charge is -2.09. The molecule has 3 rings (SSSR count). The van der Waals surface area contributed by atoms with Crippen LogP contribution in [0.1, 0.15) is 17.9 Å². The molecular formula is C15H14ClF2N5. The zero-order chi connectivity index (χ0) is 16.4. The molecule has 8 heteroatoms. The largest absolute Gasteiger partial charge is 0.340 e. The molecule has 0 aliphatic rings. The number of alkyl halides is 1. The molecule has 0 atom stereocenters. The predicted octanol–water partition coefficient (Wildman–Crippen LogP) is 3.63. The van der Waals surface area contributed by atoms with Gasteiger partial charge in [0.15, 0.2) is 5.82 Å². The number of fused-ring (bicyclic) bond motifs is 1. The molecule has 23 heavy (non-hydrogen) atoms. The van der Waals surface area contributed by atoms with Crippen molar-refractivity contribution in [3.8, 4) is 0 Å². The van der Waals surface area contributed by atoms with Crippen molar-refractivity contribution in [3.05, 3.63) is 47.4 Å². The van der Waals surface area contributed by atoms with Gasteiger partial charge in [0.25, 0.3) is 5.78 Å². The Bertz CT molecular complexity index is 829. The lowest BCUT2D eigenvalue weighted by atomic mass is 10.3. The average molecular weight is 338 g/mol. The van der Waals surface area contributed by atoms with Gasteiger partial charge in [-0.15, -0.1) is 16.7 Å². The Morgan fingerprint density at radius 3 is 2.57 bits per heavy atom. The Kier molecular flexibility index (Phi) is 4.38. The van der Waals surface area contributed by atoms with Gasteiger partial charge >= 0.3 is 0 Å². The third kappa shape index (κ3) is 3.56. The number of hydrogen-bond donors (Lipinski definition) is 1. The molecule has 0 saturated carbocycles. The van der Waals surface area contributed by atoms with E-state index >= 15 is 0 Å². The molecule has 0 amide bonds. The molecule has 2 heterocycles. The maximum Gasteiger partial charge on any atom is 0.254 e. The Balaban J connectivity index is 2.00. The van der Waals surface area contributed by atoms with Crippen molar-refractivity contribution in [1.29, 1.82) is 0 Å². The smallest absolute Gasteiger partial charge is 0.254 e. The van der Waals surface area contributed by atoms with E-state index in [9.17, 15) is 8.78 Å². The molecule has 0 bridgehead atoms. The van der Waals surface area contributed by atoms with Crippen molar-refractivity contribution in [1.82, 2.24) is 19.6 Å². The van der Waals surface area contributed by atoms with Crippen molar-refractivity contribution in [3.63, 3.8) is 0 Å². The zero-order valence-corrected chi connectivity index (χ0v) is 13.1. The van der Waals surface area contributed by atoms with Crippen molar-refractivity contribution in [2.24, 2.45) is 0 Å². The highest BCUT2D eigenvalue weighted by atomic mass is 35.5. The third-order valence-electron chi connectivity index (χ3n) is 3.15. The number of benzene rings is 1. The second kappa shape index (κ2) is 6.45. The summed E-state index contributed by atoms with van der Waals surface area (Å²) >= 11 is 5.68. The summed E-state index contributed by atoms with van der Waals surface area (Å²) in [6.07, 6.45) is 1.40. The van der Waals surface area contributed by atoms with Gasteiger partial charge in [-0.2, -0.15) is 9.50 Å². The van der Waals surface area contributed by atoms with Crippen molar-refractivity contribution in [2.45, 2.75) is 19.8 Å². The summed E-state index contributed by atoms with van der Waals surface area (Å²) in [4.78, 5) is 8.65. The monoisotopic (exact) mass is 337 g/mol. The van der Waals surface area contributed by atoms with Gasteiger partial charge in [0.05, 0.1) is 0 Å². The molecule has 0 spiro atoms. The minimum atomic E-state index is -0.657. The summed E-state index contributed by atoms with van der Waals surface area (Å²) < 4.78 is 28.2. The topological polar surface area (TPSA) is 55.1 Å². The van der Waals surface area contributed by atoms with Crippen LogP contribution < -0.4 is 5.32 Å². The van der Waals surface area contributed by atoms with Gasteiger partial charge < -0.3 is 5.32 Å². The first-order valence-corrected chi connectivity index (χ1v) is 7.61. The molecule has 0 unspecified atom stereocenters. The third-order valence-corrected chi connectivity index (χ3v) is 3.42. The van der Waals surface area contributed by atoms with E-state index in [1.165, 1.54) is 16.6 Å². The van der Waals surface area contributed by atoms with Crippen LogP contribution in [0.15, 0.2) is 24.3 Å². The molecule has 2 aromatic heterocycles. The SMILES string of the molecule is Cc1cc(Nc2cc(F)cc(F)c2)n2nc(CCCCl)nc2n1. The van der Waals surface area contributed by atoms with Gasteiger partial charge in [-0.25, -0.2) is 13.8 Å². The van der Waals surface area contributed by atoms with Gasteiger partial charge in [0.1, 0.15) is 17.5 Å². The Hall–Kier alpha value is -2.28. The van der Waals surface area contributed by atoms with E-state index in [1.807, 2.05) is 6.92 Å². The number of nitrogens with zero attached hydrogens (tertiary/aromatic N) is 4. The minimum absolute atomic E-state index is 0.284. The van der Waals surface area contributed by atoms with Crippen LogP contribution >= 0.6 is 11.6 Å². The Labute approximate surface area is 136 Å². The van der Waals surface area contributed by atoms with Crippen molar-refractivity contribution >= 4 is 28.9 Å². The lowest BCUT2D eigenvalue weighted by Crippen LogP contribution is -2.03. The molecule has 3 aromatic rings. The van der Waals surface area contributed by atoms with E-state index in [1.54, 1.807) is 6.07 Å². The van der Waals surface area contributed by atoms with Crippen LogP contribution in [0.2, 0.25) is 0 Å². The number of rotatable bonds is 5. The Morgan fingerprint density at radius 1 is 1.13 bits per heavy atom. The van der Waals surface area contributed by atoms with E-state index < -0.39 is 11.6 Å². The quantitative estimate of drug-likeness (QED) is 0.722. The van der Waals surface area contributed by atoms with Crippen LogP contribution in [0.5, 0.6) is 0 Å². The first-order valence-electron chi connectivity index (χ1n) is 7.07. The highest BCUT2D eigenvalue weighted by Gasteiger charge is 2.11. The summed E-state index contributed by atoms with van der Waals surface area (Å²) in [7, 11) is 0. The minimum Gasteiger partial charge on any atom is -0.340 e. The van der Waals surface area contributed by atoms with Crippen molar-refractivity contribution < 1.29 is 8.78 Å². The number of halogens is 3. The van der Waals surface area contributed by atoms with Crippen LogP contribution in [-0.4, -0.2) is 25.5 Å². The van der Waals surface area contributed by atoms with Crippen LogP contribution in [0, 0.1) is 18.6 Å². The first kappa shape index (κ1) is 15.6. The summed E-state index contributed by atoms with van der Waals surface area (Å²) in [5.74, 6) is 0.787. The predicted molar refractivity (Wildman–Crippen MR) is 84.2 cm³/mol. The maximum atomic E-state index is 13.3. The molecule has 1 aromatic carbocycles. The van der Waals surface area contributed by atoms with Gasteiger partial charge in [0.2, 0.25) is 0 Å². The van der Waals surface area contributed by atoms with E-state index in [2.05, 4.69) is 20.4 Å². The number of aromatic nitrogens is 4. The van der Waals surface area contributed by atoms with Crippen LogP contribution in [0.3, 0.4) is 0 Å². The van der Waals surface area contributed by atoms with Crippen LogP contribution in [0.25, 0.3) is 5.78 Å². The van der Waals surface area contributed by atoms with Crippen molar-refractivity contribution in [2.75, 3.05) is 11.2 Å². The maximum absolute atomic E-state index is 13.3. The van der Waals surface area contributed by atoms with Gasteiger partial charge in [-0.3, -0.25) is 0 Å². The molecule has 0 radical (unpaired) electrons. The van der Waals surface area contributed by atoms with E-state index in [-0.39, 0.29) is 5.69 Å². The lowest BCUT2D eigenvalue weighted by molar-refractivity contribution is 0.584. The first-order chi connectivity index (χ1) is 11.0. The molecule has 0 fully saturated rings. The molecule has 5 nitrogen and oxygen atoms in total. The summed E-state index contributed by atoms with van der Waals surface area (Å²) in [5, 5.41) is 7.32. The summed E-state index contributed by atoms with van der Waals surface area (Å²) in [5.41, 5.74) is 1.00. The zero-order valence-electron chi connectivity index (χ0n) is 12.4. The summed E-state index contributed by atoms with van der Waals surface area (Å²) in [6, 6.07) is 4.96. The fourth-order valence-electron chi connectivity index (χ4n) is 2.22. The normalized spacial score (nSPS) is 11.1. The Morgan fingerprint density at radius 2 is 1.87 bits per heavy atom. The van der Waals surface area contributed by atoms with Crippen LogP contribution in [0.4, 0.5) is 20.3 Å². The highest BCUT2D eigenvalue weighted by Crippen LogP contribution is 2.20. The second-order valence-corrected chi connectivity index (χ2v) is 5.48. The average Bonchev–Trinajstić information content (AvgIpc) is 2.87. The number of nitrogens with one attached hydrogen (secondary N) is 1. The fourth-order valence-corrected chi connectivity index (χ4v) is 2.36. The van der Waals surface area contributed by atoms with Gasteiger partial charge in [-0.05, 0) is 25.5 Å². The summed E-state index contributed by atoms with van der Waals surface area (Å²) in [6.45, 7) is 1.81. The molecule has 0 aliphatic heterocycles. The number of hydrogen-bond acceptors (Lipinski definition) is 4. The molecule has 120 valence electrons. The van der Waals surface area contributed by atoms with Gasteiger partial charge in [-0.1, -0.05) is 0 Å². The van der Waals surface area contributed by atoms with E-state index in [0.717, 1.165) is 12.5 Å². The molecule has 1 N–H and O–H groups in total.